The molecule has 0 radical (unpaired) electrons. The van der Waals surface area contributed by atoms with Gasteiger partial charge in [-0.15, -0.1) is 0 Å². The Balaban J connectivity index is 2.21. The van der Waals surface area contributed by atoms with Crippen LogP contribution in [0.25, 0.3) is 0 Å². The van der Waals surface area contributed by atoms with Crippen LogP contribution in [0.3, 0.4) is 0 Å². The zero-order valence-corrected chi connectivity index (χ0v) is 9.64. The van der Waals surface area contributed by atoms with E-state index in [-0.39, 0.29) is 11.7 Å². The molecule has 2 rings (SSSR count). The Morgan fingerprint density at radius 1 is 1.59 bits per heavy atom. The van der Waals surface area contributed by atoms with Gasteiger partial charge in [0.05, 0.1) is 5.92 Å². The monoisotopic (exact) mass is 238 g/mol. The third-order valence-electron chi connectivity index (χ3n) is 3.05. The highest BCUT2D eigenvalue weighted by Crippen LogP contribution is 2.26. The van der Waals surface area contributed by atoms with Crippen LogP contribution in [0.15, 0.2) is 18.3 Å². The minimum Gasteiger partial charge on any atom is -0.481 e. The van der Waals surface area contributed by atoms with Crippen molar-refractivity contribution < 1.29 is 14.3 Å². The molecule has 0 aliphatic carbocycles. The van der Waals surface area contributed by atoms with Crippen molar-refractivity contribution in [2.45, 2.75) is 13.3 Å². The number of carboxylic acid groups (broad SMARTS) is 1. The molecule has 92 valence electrons. The fraction of sp³-hybridized carbons (Fsp3) is 0.500. The zero-order valence-electron chi connectivity index (χ0n) is 9.64. The molecular weight excluding hydrogens is 223 g/mol. The van der Waals surface area contributed by atoms with E-state index < -0.39 is 17.7 Å². The number of pyridine rings is 1. The van der Waals surface area contributed by atoms with E-state index in [0.29, 0.717) is 19.5 Å². The van der Waals surface area contributed by atoms with E-state index in [2.05, 4.69) is 4.98 Å². The predicted molar refractivity (Wildman–Crippen MR) is 61.3 cm³/mol. The third kappa shape index (κ3) is 2.54. The van der Waals surface area contributed by atoms with Gasteiger partial charge in [0.15, 0.2) is 11.6 Å². The topological polar surface area (TPSA) is 53.4 Å². The van der Waals surface area contributed by atoms with Crippen molar-refractivity contribution >= 4 is 11.8 Å². The lowest BCUT2D eigenvalue weighted by Gasteiger charge is -2.35. The first kappa shape index (κ1) is 11.8. The van der Waals surface area contributed by atoms with Gasteiger partial charge in [-0.2, -0.15) is 0 Å². The second-order valence-electron chi connectivity index (χ2n) is 4.59. The summed E-state index contributed by atoms with van der Waals surface area (Å²) >= 11 is 0. The minimum absolute atomic E-state index is 0.228. The lowest BCUT2D eigenvalue weighted by molar-refractivity contribution is -0.142. The molecule has 0 spiro atoms. The second-order valence-corrected chi connectivity index (χ2v) is 4.59. The van der Waals surface area contributed by atoms with E-state index in [1.54, 1.807) is 4.90 Å². The van der Waals surface area contributed by atoms with E-state index in [0.717, 1.165) is 0 Å². The van der Waals surface area contributed by atoms with Crippen LogP contribution in [0.1, 0.15) is 13.3 Å². The number of piperidine rings is 1. The smallest absolute Gasteiger partial charge is 0.308 e. The molecular formula is C12H15FN2O2. The van der Waals surface area contributed by atoms with Crippen molar-refractivity contribution in [3.8, 4) is 0 Å². The van der Waals surface area contributed by atoms with Gasteiger partial charge in [0.2, 0.25) is 0 Å². The number of anilines is 1. The normalized spacial score (nSPS) is 24.7. The molecule has 0 saturated carbocycles. The highest BCUT2D eigenvalue weighted by molar-refractivity contribution is 5.71. The number of aromatic nitrogens is 1. The van der Waals surface area contributed by atoms with Gasteiger partial charge in [-0.25, -0.2) is 9.37 Å². The van der Waals surface area contributed by atoms with E-state index in [1.165, 1.54) is 18.3 Å². The number of rotatable bonds is 2. The van der Waals surface area contributed by atoms with Crippen LogP contribution >= 0.6 is 0 Å². The average molecular weight is 238 g/mol. The highest BCUT2D eigenvalue weighted by Gasteiger charge is 2.30. The molecule has 0 aromatic carbocycles. The van der Waals surface area contributed by atoms with Crippen molar-refractivity contribution in [2.75, 3.05) is 18.0 Å². The van der Waals surface area contributed by atoms with Gasteiger partial charge >= 0.3 is 5.97 Å². The van der Waals surface area contributed by atoms with Crippen LogP contribution in [0.4, 0.5) is 10.2 Å². The molecule has 1 N–H and O–H groups in total. The van der Waals surface area contributed by atoms with Gasteiger partial charge in [0.25, 0.3) is 0 Å². The fourth-order valence-corrected chi connectivity index (χ4v) is 2.31. The first-order valence-electron chi connectivity index (χ1n) is 5.66. The number of aliphatic carboxylic acids is 1. The molecule has 2 unspecified atom stereocenters. The van der Waals surface area contributed by atoms with Crippen LogP contribution in [0.2, 0.25) is 0 Å². The molecule has 1 saturated heterocycles. The molecule has 1 aromatic rings. The van der Waals surface area contributed by atoms with Gasteiger partial charge in [-0.05, 0) is 24.5 Å². The summed E-state index contributed by atoms with van der Waals surface area (Å²) in [5.41, 5.74) is 0. The molecule has 17 heavy (non-hydrogen) atoms. The highest BCUT2D eigenvalue weighted by atomic mass is 19.1. The molecule has 2 atom stereocenters. The molecule has 4 nitrogen and oxygen atoms in total. The summed E-state index contributed by atoms with van der Waals surface area (Å²) in [5, 5.41) is 9.05. The predicted octanol–water partition coefficient (Wildman–Crippen LogP) is 1.77. The lowest BCUT2D eigenvalue weighted by atomic mass is 9.90. The summed E-state index contributed by atoms with van der Waals surface area (Å²) < 4.78 is 13.6. The maximum atomic E-state index is 13.6. The summed E-state index contributed by atoms with van der Waals surface area (Å²) in [6.45, 7) is 2.95. The van der Waals surface area contributed by atoms with Gasteiger partial charge in [-0.3, -0.25) is 4.79 Å². The van der Waals surface area contributed by atoms with Crippen molar-refractivity contribution in [1.82, 2.24) is 4.98 Å². The third-order valence-corrected chi connectivity index (χ3v) is 3.05. The Bertz CT molecular complexity index is 425. The van der Waals surface area contributed by atoms with E-state index >= 15 is 0 Å². The second kappa shape index (κ2) is 4.69. The molecule has 1 aliphatic rings. The van der Waals surface area contributed by atoms with Crippen LogP contribution in [-0.4, -0.2) is 29.1 Å². The number of halogens is 1. The van der Waals surface area contributed by atoms with Crippen LogP contribution in [-0.2, 0) is 4.79 Å². The number of hydrogen-bond acceptors (Lipinski definition) is 3. The Hall–Kier alpha value is -1.65. The fourth-order valence-electron chi connectivity index (χ4n) is 2.31. The molecule has 5 heteroatoms. The summed E-state index contributed by atoms with van der Waals surface area (Å²) in [4.78, 5) is 16.7. The Morgan fingerprint density at radius 2 is 2.35 bits per heavy atom. The van der Waals surface area contributed by atoms with E-state index in [4.69, 9.17) is 5.11 Å². The number of nitrogens with zero attached hydrogens (tertiary/aromatic N) is 2. The van der Waals surface area contributed by atoms with Crippen LogP contribution in [0.5, 0.6) is 0 Å². The van der Waals surface area contributed by atoms with Crippen molar-refractivity contribution in [3.63, 3.8) is 0 Å². The summed E-state index contributed by atoms with van der Waals surface area (Å²) in [6.07, 6.45) is 2.16. The van der Waals surface area contributed by atoms with Crippen molar-refractivity contribution in [2.24, 2.45) is 11.8 Å². The van der Waals surface area contributed by atoms with Gasteiger partial charge in [0, 0.05) is 19.3 Å². The Kier molecular flexibility index (Phi) is 3.26. The van der Waals surface area contributed by atoms with Gasteiger partial charge in [0.1, 0.15) is 0 Å². The van der Waals surface area contributed by atoms with Gasteiger partial charge < -0.3 is 10.0 Å². The van der Waals surface area contributed by atoms with Crippen molar-refractivity contribution in [1.29, 1.82) is 0 Å². The zero-order chi connectivity index (χ0) is 12.4. The largest absolute Gasteiger partial charge is 0.481 e. The number of hydrogen-bond donors (Lipinski definition) is 1. The quantitative estimate of drug-likeness (QED) is 0.853. The van der Waals surface area contributed by atoms with E-state index in [1.807, 2.05) is 6.92 Å². The minimum atomic E-state index is -0.821. The van der Waals surface area contributed by atoms with Crippen molar-refractivity contribution in [3.05, 3.63) is 24.1 Å². The summed E-state index contributed by atoms with van der Waals surface area (Å²) in [7, 11) is 0. The lowest BCUT2D eigenvalue weighted by Crippen LogP contribution is -2.43. The molecule has 1 aromatic heterocycles. The molecule has 1 fully saturated rings. The average Bonchev–Trinajstić information content (AvgIpc) is 2.28. The summed E-state index contributed by atoms with van der Waals surface area (Å²) in [5.74, 6) is -1.18. The molecule has 1 aliphatic heterocycles. The first-order valence-corrected chi connectivity index (χ1v) is 5.66. The first-order chi connectivity index (χ1) is 8.08. The molecule has 2 heterocycles. The maximum absolute atomic E-state index is 13.6. The van der Waals surface area contributed by atoms with E-state index in [9.17, 15) is 9.18 Å². The van der Waals surface area contributed by atoms with Crippen LogP contribution < -0.4 is 4.90 Å². The molecule has 0 bridgehead atoms. The standard InChI is InChI=1S/C12H15FN2O2/c1-8-5-9(12(16)17)7-15(6-8)11-10(13)3-2-4-14-11/h2-4,8-9H,5-7H2,1H3,(H,16,17). The van der Waals surface area contributed by atoms with Crippen LogP contribution in [0, 0.1) is 17.7 Å². The summed E-state index contributed by atoms with van der Waals surface area (Å²) in [6, 6.07) is 2.87. The SMILES string of the molecule is CC1CC(C(=O)O)CN(c2ncccc2F)C1. The Morgan fingerprint density at radius 3 is 3.00 bits per heavy atom. The number of carboxylic acids is 1. The molecule has 0 amide bonds. The Labute approximate surface area is 99.1 Å². The number of carbonyl (C=O) groups is 1. The van der Waals surface area contributed by atoms with Gasteiger partial charge in [-0.1, -0.05) is 6.92 Å². The maximum Gasteiger partial charge on any atom is 0.308 e.